The lowest BCUT2D eigenvalue weighted by atomic mass is 9.81. The molecule has 1 saturated heterocycles. The molecule has 1 fully saturated rings. The van der Waals surface area contributed by atoms with Crippen LogP contribution in [0.5, 0.6) is 0 Å². The van der Waals surface area contributed by atoms with Crippen LogP contribution in [0, 0.1) is 5.41 Å². The molecule has 0 radical (unpaired) electrons. The van der Waals surface area contributed by atoms with Gasteiger partial charge < -0.3 is 14.6 Å². The summed E-state index contributed by atoms with van der Waals surface area (Å²) in [4.78, 5) is 0. The van der Waals surface area contributed by atoms with Crippen molar-refractivity contribution in [3.8, 4) is 0 Å². The second-order valence-electron chi connectivity index (χ2n) is 4.37. The fourth-order valence-corrected chi connectivity index (χ4v) is 1.46. The normalized spacial score (nSPS) is 28.4. The van der Waals surface area contributed by atoms with Crippen molar-refractivity contribution in [1.29, 1.82) is 0 Å². The van der Waals surface area contributed by atoms with Gasteiger partial charge in [-0.1, -0.05) is 6.92 Å². The van der Waals surface area contributed by atoms with Gasteiger partial charge in [0.2, 0.25) is 0 Å². The van der Waals surface area contributed by atoms with Gasteiger partial charge in [-0.3, -0.25) is 0 Å². The summed E-state index contributed by atoms with van der Waals surface area (Å²) >= 11 is 0. The van der Waals surface area contributed by atoms with Gasteiger partial charge in [0.1, 0.15) is 0 Å². The molecular weight excluding hydrogens is 168 g/mol. The molecule has 0 amide bonds. The van der Waals surface area contributed by atoms with Crippen molar-refractivity contribution in [1.82, 2.24) is 0 Å². The zero-order chi connectivity index (χ0) is 10.1. The zero-order valence-electron chi connectivity index (χ0n) is 8.96. The van der Waals surface area contributed by atoms with E-state index >= 15 is 0 Å². The van der Waals surface area contributed by atoms with Gasteiger partial charge in [-0.15, -0.1) is 0 Å². The standard InChI is InChI=1S/C10H20O3/c1-5-10(8(2)11)6-12-9(3,4)13-7-10/h8,11H,5-7H2,1-4H3. The van der Waals surface area contributed by atoms with Gasteiger partial charge in [0.25, 0.3) is 0 Å². The molecule has 1 rings (SSSR count). The summed E-state index contributed by atoms with van der Waals surface area (Å²) in [6.45, 7) is 8.80. The highest BCUT2D eigenvalue weighted by molar-refractivity contribution is 4.86. The smallest absolute Gasteiger partial charge is 0.162 e. The van der Waals surface area contributed by atoms with Gasteiger partial charge in [0, 0.05) is 5.41 Å². The van der Waals surface area contributed by atoms with Gasteiger partial charge in [0.15, 0.2) is 5.79 Å². The summed E-state index contributed by atoms with van der Waals surface area (Å²) in [5.41, 5.74) is -0.213. The number of ether oxygens (including phenoxy) is 2. The first kappa shape index (κ1) is 11.0. The van der Waals surface area contributed by atoms with Crippen LogP contribution in [0.4, 0.5) is 0 Å². The van der Waals surface area contributed by atoms with Crippen LogP contribution in [0.15, 0.2) is 0 Å². The van der Waals surface area contributed by atoms with E-state index in [1.54, 1.807) is 6.92 Å². The van der Waals surface area contributed by atoms with Crippen LogP contribution < -0.4 is 0 Å². The Morgan fingerprint density at radius 2 is 1.77 bits per heavy atom. The summed E-state index contributed by atoms with van der Waals surface area (Å²) in [6, 6.07) is 0. The Morgan fingerprint density at radius 3 is 2.08 bits per heavy atom. The third-order valence-corrected chi connectivity index (χ3v) is 3.00. The summed E-state index contributed by atoms with van der Waals surface area (Å²) < 4.78 is 11.1. The average molecular weight is 188 g/mol. The molecule has 1 atom stereocenters. The second kappa shape index (κ2) is 3.56. The van der Waals surface area contributed by atoms with E-state index in [0.29, 0.717) is 13.2 Å². The van der Waals surface area contributed by atoms with Crippen LogP contribution in [0.1, 0.15) is 34.1 Å². The van der Waals surface area contributed by atoms with E-state index in [1.165, 1.54) is 0 Å². The third kappa shape index (κ3) is 2.22. The first-order valence-corrected chi connectivity index (χ1v) is 4.88. The molecule has 1 unspecified atom stereocenters. The first-order chi connectivity index (χ1) is 5.92. The highest BCUT2D eigenvalue weighted by atomic mass is 16.7. The number of hydrogen-bond donors (Lipinski definition) is 1. The molecule has 1 N–H and O–H groups in total. The van der Waals surface area contributed by atoms with E-state index in [1.807, 2.05) is 13.8 Å². The van der Waals surface area contributed by atoms with Crippen molar-refractivity contribution >= 4 is 0 Å². The highest BCUT2D eigenvalue weighted by Crippen LogP contribution is 2.35. The minimum Gasteiger partial charge on any atom is -0.393 e. The third-order valence-electron chi connectivity index (χ3n) is 3.00. The van der Waals surface area contributed by atoms with Gasteiger partial charge in [-0.05, 0) is 27.2 Å². The predicted octanol–water partition coefficient (Wildman–Crippen LogP) is 1.55. The average Bonchev–Trinajstić information content (AvgIpc) is 2.05. The van der Waals surface area contributed by atoms with Crippen molar-refractivity contribution in [2.24, 2.45) is 5.41 Å². The van der Waals surface area contributed by atoms with E-state index in [4.69, 9.17) is 9.47 Å². The van der Waals surface area contributed by atoms with Crippen LogP contribution in [-0.2, 0) is 9.47 Å². The quantitative estimate of drug-likeness (QED) is 0.714. The van der Waals surface area contributed by atoms with E-state index in [9.17, 15) is 5.11 Å². The molecule has 1 heterocycles. The predicted molar refractivity (Wildman–Crippen MR) is 50.4 cm³/mol. The number of aliphatic hydroxyl groups is 1. The summed E-state index contributed by atoms with van der Waals surface area (Å²) in [5, 5.41) is 9.64. The summed E-state index contributed by atoms with van der Waals surface area (Å²) in [6.07, 6.45) is 0.495. The molecule has 3 heteroatoms. The van der Waals surface area contributed by atoms with Gasteiger partial charge in [-0.25, -0.2) is 0 Å². The van der Waals surface area contributed by atoms with Crippen LogP contribution in [0.25, 0.3) is 0 Å². The Morgan fingerprint density at radius 1 is 1.31 bits per heavy atom. The van der Waals surface area contributed by atoms with Crippen LogP contribution in [0.2, 0.25) is 0 Å². The van der Waals surface area contributed by atoms with Crippen molar-refractivity contribution in [2.75, 3.05) is 13.2 Å². The molecule has 0 bridgehead atoms. The lowest BCUT2D eigenvalue weighted by Gasteiger charge is -2.44. The molecule has 0 aliphatic carbocycles. The Labute approximate surface area is 80.0 Å². The second-order valence-corrected chi connectivity index (χ2v) is 4.37. The van der Waals surface area contributed by atoms with Crippen LogP contribution >= 0.6 is 0 Å². The minimum absolute atomic E-state index is 0.213. The molecule has 78 valence electrons. The van der Waals surface area contributed by atoms with Gasteiger partial charge >= 0.3 is 0 Å². The Hall–Kier alpha value is -0.120. The molecule has 1 aliphatic heterocycles. The Kier molecular flexibility index (Phi) is 3.00. The lowest BCUT2D eigenvalue weighted by molar-refractivity contribution is -0.298. The SMILES string of the molecule is CCC1(C(C)O)COC(C)(C)OC1. The molecule has 0 spiro atoms. The monoisotopic (exact) mass is 188 g/mol. The summed E-state index contributed by atoms with van der Waals surface area (Å²) in [5.74, 6) is -0.492. The molecule has 0 aromatic carbocycles. The molecule has 13 heavy (non-hydrogen) atoms. The fraction of sp³-hybridized carbons (Fsp3) is 1.00. The largest absolute Gasteiger partial charge is 0.393 e. The topological polar surface area (TPSA) is 38.7 Å². The highest BCUT2D eigenvalue weighted by Gasteiger charge is 2.42. The fourth-order valence-electron chi connectivity index (χ4n) is 1.46. The van der Waals surface area contributed by atoms with Gasteiger partial charge in [-0.2, -0.15) is 0 Å². The van der Waals surface area contributed by atoms with Crippen LogP contribution in [0.3, 0.4) is 0 Å². The van der Waals surface area contributed by atoms with E-state index in [0.717, 1.165) is 6.42 Å². The zero-order valence-corrected chi connectivity index (χ0v) is 8.96. The molecule has 0 aromatic rings. The Balaban J connectivity index is 2.63. The number of aliphatic hydroxyl groups excluding tert-OH is 1. The van der Waals surface area contributed by atoms with E-state index in [2.05, 4.69) is 6.92 Å². The maximum atomic E-state index is 9.64. The van der Waals surface area contributed by atoms with Crippen LogP contribution in [-0.4, -0.2) is 30.2 Å². The summed E-state index contributed by atoms with van der Waals surface area (Å²) in [7, 11) is 0. The lowest BCUT2D eigenvalue weighted by Crippen LogP contribution is -2.51. The van der Waals surface area contributed by atoms with Gasteiger partial charge in [0.05, 0.1) is 19.3 Å². The Bertz CT molecular complexity index is 165. The van der Waals surface area contributed by atoms with E-state index < -0.39 is 5.79 Å². The number of hydrogen-bond acceptors (Lipinski definition) is 3. The number of rotatable bonds is 2. The molecular formula is C10H20O3. The minimum atomic E-state index is -0.492. The molecule has 1 aliphatic rings. The first-order valence-electron chi connectivity index (χ1n) is 4.88. The molecule has 0 saturated carbocycles. The maximum absolute atomic E-state index is 9.64. The van der Waals surface area contributed by atoms with E-state index in [-0.39, 0.29) is 11.5 Å². The van der Waals surface area contributed by atoms with Crippen molar-refractivity contribution in [3.63, 3.8) is 0 Å². The molecule has 0 aromatic heterocycles. The molecule has 3 nitrogen and oxygen atoms in total. The van der Waals surface area contributed by atoms with Crippen molar-refractivity contribution in [2.45, 2.75) is 46.0 Å². The van der Waals surface area contributed by atoms with Crippen molar-refractivity contribution in [3.05, 3.63) is 0 Å². The van der Waals surface area contributed by atoms with Crippen molar-refractivity contribution < 1.29 is 14.6 Å². The maximum Gasteiger partial charge on any atom is 0.162 e.